The molecule has 1 aromatic rings. The zero-order chi connectivity index (χ0) is 19.1. The predicted molar refractivity (Wildman–Crippen MR) is 99.7 cm³/mol. The molecule has 3 N–H and O–H groups in total. The fourth-order valence-corrected chi connectivity index (χ4v) is 3.65. The first-order valence-electron chi connectivity index (χ1n) is 9.67. The molecule has 27 heavy (non-hydrogen) atoms. The van der Waals surface area contributed by atoms with Crippen molar-refractivity contribution in [3.8, 4) is 0 Å². The van der Waals surface area contributed by atoms with Crippen LogP contribution in [-0.2, 0) is 20.9 Å². The van der Waals surface area contributed by atoms with Gasteiger partial charge in [-0.2, -0.15) is 0 Å². The molecule has 1 saturated heterocycles. The van der Waals surface area contributed by atoms with Gasteiger partial charge < -0.3 is 15.4 Å². The van der Waals surface area contributed by atoms with Crippen molar-refractivity contribution < 1.29 is 19.1 Å². The van der Waals surface area contributed by atoms with Gasteiger partial charge in [-0.05, 0) is 50.6 Å². The highest BCUT2D eigenvalue weighted by molar-refractivity contribution is 5.98. The van der Waals surface area contributed by atoms with E-state index in [1.54, 1.807) is 0 Å². The summed E-state index contributed by atoms with van der Waals surface area (Å²) in [6.45, 7) is 1.06. The number of hydrogen-bond donors (Lipinski definition) is 3. The van der Waals surface area contributed by atoms with Crippen molar-refractivity contribution in [2.24, 2.45) is 5.92 Å². The highest BCUT2D eigenvalue weighted by Crippen LogP contribution is 2.24. The molecule has 0 radical (unpaired) electrons. The van der Waals surface area contributed by atoms with Crippen LogP contribution >= 0.6 is 0 Å². The van der Waals surface area contributed by atoms with E-state index in [-0.39, 0.29) is 36.4 Å². The number of nitrogens with one attached hydrogen (secondary N) is 3. The lowest BCUT2D eigenvalue weighted by Crippen LogP contribution is -2.47. The summed E-state index contributed by atoms with van der Waals surface area (Å²) in [7, 11) is 0. The second kappa shape index (κ2) is 9.50. The molecule has 7 heteroatoms. The smallest absolute Gasteiger partial charge is 0.407 e. The Kier molecular flexibility index (Phi) is 6.81. The van der Waals surface area contributed by atoms with Crippen molar-refractivity contribution in [2.45, 2.75) is 57.2 Å². The molecule has 1 aliphatic carbocycles. The zero-order valence-electron chi connectivity index (χ0n) is 15.4. The minimum absolute atomic E-state index is 0.00419. The SMILES string of the molecule is O=C(NC1CCC(C(=O)NC(=O)[C@@H]2CCCN2)CC1)OCc1ccccc1. The standard InChI is InChI=1S/C20H27N3O4/c24-18(23-19(25)17-7-4-12-21-17)15-8-10-16(11-9-15)22-20(26)27-13-14-5-2-1-3-6-14/h1-3,5-6,15-17,21H,4,7-13H2,(H,22,26)(H,23,24,25)/t15?,16?,17-/m0/s1. The van der Waals surface area contributed by atoms with Gasteiger partial charge in [0, 0.05) is 12.0 Å². The zero-order valence-corrected chi connectivity index (χ0v) is 15.4. The van der Waals surface area contributed by atoms with Crippen LogP contribution in [-0.4, -0.2) is 36.5 Å². The topological polar surface area (TPSA) is 96.5 Å². The van der Waals surface area contributed by atoms with Crippen LogP contribution < -0.4 is 16.0 Å². The third-order valence-corrected chi connectivity index (χ3v) is 5.26. The highest BCUT2D eigenvalue weighted by atomic mass is 16.5. The molecule has 1 aliphatic heterocycles. The Labute approximate surface area is 159 Å². The van der Waals surface area contributed by atoms with Crippen LogP contribution in [0.5, 0.6) is 0 Å². The van der Waals surface area contributed by atoms with Gasteiger partial charge in [0.05, 0.1) is 6.04 Å². The van der Waals surface area contributed by atoms with Crippen LogP contribution in [0.15, 0.2) is 30.3 Å². The molecule has 1 saturated carbocycles. The molecule has 1 aromatic carbocycles. The van der Waals surface area contributed by atoms with E-state index in [1.165, 1.54) is 0 Å². The van der Waals surface area contributed by atoms with Crippen molar-refractivity contribution in [1.82, 2.24) is 16.0 Å². The maximum Gasteiger partial charge on any atom is 0.407 e. The Morgan fingerprint density at radius 3 is 2.41 bits per heavy atom. The molecular formula is C20H27N3O4. The Hall–Kier alpha value is -2.41. The molecule has 2 aliphatic rings. The average Bonchev–Trinajstić information content (AvgIpc) is 3.23. The number of alkyl carbamates (subject to hydrolysis) is 1. The third-order valence-electron chi connectivity index (χ3n) is 5.26. The molecule has 3 rings (SSSR count). The van der Waals surface area contributed by atoms with Gasteiger partial charge in [-0.3, -0.25) is 14.9 Å². The summed E-state index contributed by atoms with van der Waals surface area (Å²) in [4.78, 5) is 36.2. The fraction of sp³-hybridized carbons (Fsp3) is 0.550. The largest absolute Gasteiger partial charge is 0.445 e. The number of ether oxygens (including phenoxy) is 1. The van der Waals surface area contributed by atoms with Crippen molar-refractivity contribution >= 4 is 17.9 Å². The third kappa shape index (κ3) is 5.79. The Morgan fingerprint density at radius 2 is 1.74 bits per heavy atom. The molecule has 7 nitrogen and oxygen atoms in total. The van der Waals surface area contributed by atoms with E-state index in [4.69, 9.17) is 4.74 Å². The van der Waals surface area contributed by atoms with Crippen molar-refractivity contribution in [3.05, 3.63) is 35.9 Å². The molecular weight excluding hydrogens is 346 g/mol. The first-order valence-corrected chi connectivity index (χ1v) is 9.67. The number of imide groups is 1. The maximum atomic E-state index is 12.3. The average molecular weight is 373 g/mol. The number of hydrogen-bond acceptors (Lipinski definition) is 5. The van der Waals surface area contributed by atoms with Gasteiger partial charge in [0.2, 0.25) is 11.8 Å². The quantitative estimate of drug-likeness (QED) is 0.685. The lowest BCUT2D eigenvalue weighted by atomic mass is 9.85. The molecule has 1 atom stereocenters. The summed E-state index contributed by atoms with van der Waals surface area (Å²) < 4.78 is 5.23. The van der Waals surface area contributed by atoms with Gasteiger partial charge >= 0.3 is 6.09 Å². The van der Waals surface area contributed by atoms with Gasteiger partial charge in [0.25, 0.3) is 0 Å². The van der Waals surface area contributed by atoms with E-state index in [2.05, 4.69) is 16.0 Å². The Balaban J connectivity index is 1.35. The number of carbonyl (C=O) groups is 3. The molecule has 2 fully saturated rings. The van der Waals surface area contributed by atoms with Crippen molar-refractivity contribution in [3.63, 3.8) is 0 Å². The van der Waals surface area contributed by atoms with Crippen LogP contribution in [0.25, 0.3) is 0 Å². The molecule has 0 bridgehead atoms. The summed E-state index contributed by atoms with van der Waals surface area (Å²) >= 11 is 0. The lowest BCUT2D eigenvalue weighted by Gasteiger charge is -2.28. The van der Waals surface area contributed by atoms with Gasteiger partial charge in [-0.15, -0.1) is 0 Å². The molecule has 3 amide bonds. The van der Waals surface area contributed by atoms with Gasteiger partial charge in [0.15, 0.2) is 0 Å². The summed E-state index contributed by atoms with van der Waals surface area (Å²) in [5.74, 6) is -0.588. The first kappa shape index (κ1) is 19.4. The second-order valence-electron chi connectivity index (χ2n) is 7.26. The molecule has 1 heterocycles. The number of carbonyl (C=O) groups excluding carboxylic acids is 3. The van der Waals surface area contributed by atoms with Crippen molar-refractivity contribution in [2.75, 3.05) is 6.54 Å². The van der Waals surface area contributed by atoms with E-state index in [9.17, 15) is 14.4 Å². The van der Waals surface area contributed by atoms with Crippen LogP contribution in [0.2, 0.25) is 0 Å². The van der Waals surface area contributed by atoms with E-state index in [0.717, 1.165) is 24.9 Å². The first-order chi connectivity index (χ1) is 13.1. The lowest BCUT2D eigenvalue weighted by molar-refractivity contribution is -0.134. The molecule has 0 aromatic heterocycles. The number of benzene rings is 1. The summed E-state index contributed by atoms with van der Waals surface area (Å²) in [5, 5.41) is 8.49. The minimum atomic E-state index is -0.436. The Bertz CT molecular complexity index is 650. The van der Waals surface area contributed by atoms with E-state index < -0.39 is 6.09 Å². The van der Waals surface area contributed by atoms with Gasteiger partial charge in [0.1, 0.15) is 6.61 Å². The van der Waals surface area contributed by atoms with Crippen LogP contribution in [0, 0.1) is 5.92 Å². The van der Waals surface area contributed by atoms with E-state index in [0.29, 0.717) is 25.7 Å². The van der Waals surface area contributed by atoms with E-state index >= 15 is 0 Å². The predicted octanol–water partition coefficient (Wildman–Crippen LogP) is 1.87. The number of rotatable bonds is 5. The van der Waals surface area contributed by atoms with Crippen LogP contribution in [0.1, 0.15) is 44.1 Å². The summed E-state index contributed by atoms with van der Waals surface area (Å²) in [5.41, 5.74) is 0.939. The van der Waals surface area contributed by atoms with Crippen molar-refractivity contribution in [1.29, 1.82) is 0 Å². The minimum Gasteiger partial charge on any atom is -0.445 e. The number of amides is 3. The highest BCUT2D eigenvalue weighted by Gasteiger charge is 2.30. The van der Waals surface area contributed by atoms with Crippen LogP contribution in [0.4, 0.5) is 4.79 Å². The monoisotopic (exact) mass is 373 g/mol. The molecule has 0 unspecified atom stereocenters. The normalized spacial score (nSPS) is 24.8. The molecule has 0 spiro atoms. The summed E-state index contributed by atoms with van der Waals surface area (Å²) in [6.07, 6.45) is 4.02. The Morgan fingerprint density at radius 1 is 1.00 bits per heavy atom. The molecule has 146 valence electrons. The van der Waals surface area contributed by atoms with Gasteiger partial charge in [-0.25, -0.2) is 4.79 Å². The van der Waals surface area contributed by atoms with Gasteiger partial charge in [-0.1, -0.05) is 30.3 Å². The second-order valence-corrected chi connectivity index (χ2v) is 7.26. The van der Waals surface area contributed by atoms with E-state index in [1.807, 2.05) is 30.3 Å². The van der Waals surface area contributed by atoms with Crippen LogP contribution in [0.3, 0.4) is 0 Å². The summed E-state index contributed by atoms with van der Waals surface area (Å²) in [6, 6.07) is 9.28. The maximum absolute atomic E-state index is 12.3. The fourth-order valence-electron chi connectivity index (χ4n) is 3.65.